The van der Waals surface area contributed by atoms with E-state index in [9.17, 15) is 4.79 Å². The summed E-state index contributed by atoms with van der Waals surface area (Å²) in [5.41, 5.74) is 1.54. The fourth-order valence-electron chi connectivity index (χ4n) is 1.61. The van der Waals surface area contributed by atoms with E-state index in [-0.39, 0.29) is 5.91 Å². The Morgan fingerprint density at radius 2 is 1.52 bits per heavy atom. The lowest BCUT2D eigenvalue weighted by molar-refractivity contribution is 0.0970. The van der Waals surface area contributed by atoms with Crippen molar-refractivity contribution in [1.29, 1.82) is 0 Å². The number of carbonyl (C=O) groups excluding carboxylic acids is 1. The number of nitrogens with zero attached hydrogens (tertiary/aromatic N) is 1. The molecular formula is C18H16N2O. The average molecular weight is 276 g/mol. The van der Waals surface area contributed by atoms with E-state index in [1.807, 2.05) is 48.5 Å². The first-order chi connectivity index (χ1) is 10.4. The zero-order valence-corrected chi connectivity index (χ0v) is 11.5. The minimum absolute atomic E-state index is 0.127. The fraction of sp³-hybridized carbons (Fsp3) is 0. The van der Waals surface area contributed by atoms with Gasteiger partial charge in [-0.15, -0.1) is 0 Å². The van der Waals surface area contributed by atoms with Gasteiger partial charge in [0.05, 0.1) is 5.69 Å². The van der Waals surface area contributed by atoms with Gasteiger partial charge < -0.3 is 5.32 Å². The summed E-state index contributed by atoms with van der Waals surface area (Å²) in [6.07, 6.45) is 8.66. The Hall–Kier alpha value is -2.94. The van der Waals surface area contributed by atoms with Gasteiger partial charge in [0.1, 0.15) is 0 Å². The number of aliphatic imine (C=N–C) groups is 1. The number of amides is 1. The minimum atomic E-state index is -0.127. The van der Waals surface area contributed by atoms with Crippen LogP contribution in [0.4, 0.5) is 5.69 Å². The first-order valence-electron chi connectivity index (χ1n) is 6.63. The smallest absolute Gasteiger partial charge is 0.255 e. The molecule has 0 saturated carbocycles. The molecule has 0 radical (unpaired) electrons. The highest BCUT2D eigenvalue weighted by Gasteiger charge is 1.99. The van der Waals surface area contributed by atoms with Gasteiger partial charge in [0.15, 0.2) is 0 Å². The summed E-state index contributed by atoms with van der Waals surface area (Å²) in [6, 6.07) is 18.8. The predicted octanol–water partition coefficient (Wildman–Crippen LogP) is 3.89. The van der Waals surface area contributed by atoms with Gasteiger partial charge >= 0.3 is 0 Å². The van der Waals surface area contributed by atoms with Crippen LogP contribution < -0.4 is 5.32 Å². The van der Waals surface area contributed by atoms with Crippen LogP contribution in [0.2, 0.25) is 0 Å². The van der Waals surface area contributed by atoms with E-state index in [0.29, 0.717) is 5.56 Å². The second-order valence-corrected chi connectivity index (χ2v) is 4.20. The molecule has 0 aromatic heterocycles. The van der Waals surface area contributed by atoms with Crippen molar-refractivity contribution in [2.45, 2.75) is 0 Å². The number of nitrogens with one attached hydrogen (secondary N) is 1. The Morgan fingerprint density at radius 3 is 2.24 bits per heavy atom. The first-order valence-corrected chi connectivity index (χ1v) is 6.63. The van der Waals surface area contributed by atoms with Crippen molar-refractivity contribution in [1.82, 2.24) is 5.32 Å². The lowest BCUT2D eigenvalue weighted by Gasteiger charge is -1.97. The second kappa shape index (κ2) is 8.27. The van der Waals surface area contributed by atoms with Crippen LogP contribution in [-0.4, -0.2) is 12.1 Å². The van der Waals surface area contributed by atoms with Crippen molar-refractivity contribution in [3.63, 3.8) is 0 Å². The van der Waals surface area contributed by atoms with Crippen LogP contribution in [0.15, 0.2) is 90.1 Å². The second-order valence-electron chi connectivity index (χ2n) is 4.20. The minimum Gasteiger partial charge on any atom is -0.329 e. The quantitative estimate of drug-likeness (QED) is 0.653. The Bertz CT molecular complexity index is 643. The molecule has 0 unspecified atom stereocenters. The van der Waals surface area contributed by atoms with Crippen LogP contribution in [0, 0.1) is 0 Å². The van der Waals surface area contributed by atoms with Gasteiger partial charge in [0.25, 0.3) is 5.91 Å². The molecule has 0 atom stereocenters. The molecule has 0 spiro atoms. The van der Waals surface area contributed by atoms with Gasteiger partial charge in [-0.2, -0.15) is 0 Å². The van der Waals surface area contributed by atoms with Gasteiger partial charge in [-0.25, -0.2) is 0 Å². The molecule has 3 heteroatoms. The number of rotatable bonds is 5. The van der Waals surface area contributed by atoms with Crippen molar-refractivity contribution in [2.75, 3.05) is 0 Å². The average Bonchev–Trinajstić information content (AvgIpc) is 2.55. The molecule has 1 amide bonds. The van der Waals surface area contributed by atoms with Crippen LogP contribution in [0.1, 0.15) is 10.4 Å². The van der Waals surface area contributed by atoms with Crippen molar-refractivity contribution in [3.05, 3.63) is 90.7 Å². The summed E-state index contributed by atoms with van der Waals surface area (Å²) in [7, 11) is 0. The third-order valence-corrected chi connectivity index (χ3v) is 2.63. The molecule has 0 aliphatic heterocycles. The number of benzene rings is 2. The van der Waals surface area contributed by atoms with Crippen LogP contribution in [-0.2, 0) is 0 Å². The molecule has 21 heavy (non-hydrogen) atoms. The normalized spacial score (nSPS) is 11.4. The molecule has 2 aromatic carbocycles. The summed E-state index contributed by atoms with van der Waals surface area (Å²) in [5.74, 6) is -0.127. The lowest BCUT2D eigenvalue weighted by Crippen LogP contribution is -2.16. The van der Waals surface area contributed by atoms with E-state index < -0.39 is 0 Å². The van der Waals surface area contributed by atoms with Crippen LogP contribution in [0.3, 0.4) is 0 Å². The highest BCUT2D eigenvalue weighted by Crippen LogP contribution is 2.08. The van der Waals surface area contributed by atoms with Crippen LogP contribution in [0.25, 0.3) is 0 Å². The molecule has 0 aliphatic carbocycles. The maximum Gasteiger partial charge on any atom is 0.255 e. The number of hydrogen-bond donors (Lipinski definition) is 1. The summed E-state index contributed by atoms with van der Waals surface area (Å²) in [5, 5.41) is 2.69. The van der Waals surface area contributed by atoms with Crippen molar-refractivity contribution in [2.24, 2.45) is 4.99 Å². The fourth-order valence-corrected chi connectivity index (χ4v) is 1.61. The number of carbonyl (C=O) groups is 1. The van der Waals surface area contributed by atoms with Gasteiger partial charge in [-0.3, -0.25) is 9.79 Å². The molecule has 0 heterocycles. The Labute approximate surface area is 124 Å². The molecule has 0 bridgehead atoms. The number of hydrogen-bond acceptors (Lipinski definition) is 2. The van der Waals surface area contributed by atoms with Crippen molar-refractivity contribution in [3.8, 4) is 0 Å². The van der Waals surface area contributed by atoms with Crippen LogP contribution in [0.5, 0.6) is 0 Å². The summed E-state index contributed by atoms with van der Waals surface area (Å²) in [4.78, 5) is 16.0. The van der Waals surface area contributed by atoms with Gasteiger partial charge in [0, 0.05) is 18.0 Å². The van der Waals surface area contributed by atoms with Crippen molar-refractivity contribution < 1.29 is 4.79 Å². The van der Waals surface area contributed by atoms with E-state index >= 15 is 0 Å². The molecule has 3 nitrogen and oxygen atoms in total. The lowest BCUT2D eigenvalue weighted by atomic mass is 10.2. The zero-order valence-electron chi connectivity index (χ0n) is 11.5. The molecular weight excluding hydrogens is 260 g/mol. The van der Waals surface area contributed by atoms with E-state index in [1.54, 1.807) is 42.8 Å². The largest absolute Gasteiger partial charge is 0.329 e. The molecule has 0 aliphatic rings. The van der Waals surface area contributed by atoms with E-state index in [2.05, 4.69) is 10.3 Å². The molecule has 0 fully saturated rings. The standard InChI is InChI=1S/C18H16N2O/c21-18(16-10-4-1-5-11-16)20-15-9-3-8-14-19-17-12-6-2-7-13-17/h1-15H,(H,20,21). The summed E-state index contributed by atoms with van der Waals surface area (Å²) < 4.78 is 0. The topological polar surface area (TPSA) is 41.5 Å². The third kappa shape index (κ3) is 5.28. The number of allylic oxidation sites excluding steroid dienone is 3. The van der Waals surface area contributed by atoms with Gasteiger partial charge in [0.2, 0.25) is 0 Å². The van der Waals surface area contributed by atoms with Crippen molar-refractivity contribution >= 4 is 17.8 Å². The molecule has 0 saturated heterocycles. The van der Waals surface area contributed by atoms with Gasteiger partial charge in [-0.1, -0.05) is 42.5 Å². The maximum absolute atomic E-state index is 11.7. The highest BCUT2D eigenvalue weighted by atomic mass is 16.1. The van der Waals surface area contributed by atoms with Gasteiger partial charge in [-0.05, 0) is 36.4 Å². The third-order valence-electron chi connectivity index (χ3n) is 2.63. The zero-order chi connectivity index (χ0) is 14.8. The Morgan fingerprint density at radius 1 is 0.857 bits per heavy atom. The number of para-hydroxylation sites is 1. The molecule has 2 aromatic rings. The van der Waals surface area contributed by atoms with E-state index in [0.717, 1.165) is 5.69 Å². The summed E-state index contributed by atoms with van der Waals surface area (Å²) >= 11 is 0. The predicted molar refractivity (Wildman–Crippen MR) is 86.8 cm³/mol. The molecule has 1 N–H and O–H groups in total. The Balaban J connectivity index is 1.77. The maximum atomic E-state index is 11.7. The molecule has 104 valence electrons. The van der Waals surface area contributed by atoms with E-state index in [1.165, 1.54) is 0 Å². The molecule has 2 rings (SSSR count). The van der Waals surface area contributed by atoms with Crippen LogP contribution >= 0.6 is 0 Å². The first kappa shape index (κ1) is 14.5. The summed E-state index contributed by atoms with van der Waals surface area (Å²) in [6.45, 7) is 0. The monoisotopic (exact) mass is 276 g/mol. The van der Waals surface area contributed by atoms with E-state index in [4.69, 9.17) is 0 Å². The Kier molecular flexibility index (Phi) is 5.70. The highest BCUT2D eigenvalue weighted by molar-refractivity contribution is 5.94. The SMILES string of the molecule is O=C(NC=CC=CC=Nc1ccccc1)c1ccccc1.